The average Bonchev–Trinajstić information content (AvgIpc) is 2.40. The molecule has 0 aliphatic carbocycles. The van der Waals surface area contributed by atoms with Gasteiger partial charge in [-0.05, 0) is 38.6 Å². The summed E-state index contributed by atoms with van der Waals surface area (Å²) in [4.78, 5) is 13.9. The predicted octanol–water partition coefficient (Wildman–Crippen LogP) is 2.53. The number of anilines is 1. The zero-order valence-corrected chi connectivity index (χ0v) is 10.5. The molecule has 1 aromatic carbocycles. The Morgan fingerprint density at radius 3 is 2.68 bits per heavy atom. The first kappa shape index (κ1) is 13.9. The molecule has 1 N–H and O–H groups in total. The Morgan fingerprint density at radius 1 is 1.26 bits per heavy atom. The SMILES string of the molecule is CN1CCCCC1C(=O)Nc1ccc(F)c(F)c1F. The second kappa shape index (κ2) is 5.61. The second-order valence-corrected chi connectivity index (χ2v) is 4.70. The van der Waals surface area contributed by atoms with E-state index in [0.717, 1.165) is 31.5 Å². The Bertz CT molecular complexity index is 493. The highest BCUT2D eigenvalue weighted by molar-refractivity contribution is 5.95. The van der Waals surface area contributed by atoms with Gasteiger partial charge in [-0.1, -0.05) is 6.42 Å². The summed E-state index contributed by atoms with van der Waals surface area (Å²) < 4.78 is 39.3. The van der Waals surface area contributed by atoms with Crippen LogP contribution < -0.4 is 5.32 Å². The minimum absolute atomic E-state index is 0.331. The first-order chi connectivity index (χ1) is 9.00. The van der Waals surface area contributed by atoms with Gasteiger partial charge in [0.1, 0.15) is 0 Å². The lowest BCUT2D eigenvalue weighted by Gasteiger charge is -2.31. The lowest BCUT2D eigenvalue weighted by molar-refractivity contribution is -0.121. The van der Waals surface area contributed by atoms with Gasteiger partial charge < -0.3 is 5.32 Å². The number of benzene rings is 1. The number of amides is 1. The topological polar surface area (TPSA) is 32.3 Å². The summed E-state index contributed by atoms with van der Waals surface area (Å²) in [5.41, 5.74) is -0.331. The van der Waals surface area contributed by atoms with E-state index in [1.807, 2.05) is 11.9 Å². The second-order valence-electron chi connectivity index (χ2n) is 4.70. The van der Waals surface area contributed by atoms with Crippen LogP contribution in [-0.2, 0) is 4.79 Å². The number of carbonyl (C=O) groups is 1. The molecule has 1 amide bonds. The number of hydrogen-bond donors (Lipinski definition) is 1. The molecular weight excluding hydrogens is 257 g/mol. The van der Waals surface area contributed by atoms with E-state index in [9.17, 15) is 18.0 Å². The first-order valence-electron chi connectivity index (χ1n) is 6.15. The van der Waals surface area contributed by atoms with Crippen LogP contribution >= 0.6 is 0 Å². The van der Waals surface area contributed by atoms with Gasteiger partial charge in [0.15, 0.2) is 17.5 Å². The van der Waals surface area contributed by atoms with Crippen molar-refractivity contribution >= 4 is 11.6 Å². The van der Waals surface area contributed by atoms with E-state index in [1.165, 1.54) is 0 Å². The Hall–Kier alpha value is -1.56. The number of piperidine rings is 1. The van der Waals surface area contributed by atoms with Crippen LogP contribution in [0.25, 0.3) is 0 Å². The molecule has 0 radical (unpaired) electrons. The Balaban J connectivity index is 2.12. The van der Waals surface area contributed by atoms with Crippen molar-refractivity contribution in [2.45, 2.75) is 25.3 Å². The molecule has 0 saturated carbocycles. The van der Waals surface area contributed by atoms with Crippen molar-refractivity contribution in [3.05, 3.63) is 29.6 Å². The molecule has 1 fully saturated rings. The maximum absolute atomic E-state index is 13.4. The summed E-state index contributed by atoms with van der Waals surface area (Å²) in [6.07, 6.45) is 2.61. The zero-order valence-electron chi connectivity index (χ0n) is 10.5. The van der Waals surface area contributed by atoms with Crippen LogP contribution in [-0.4, -0.2) is 30.4 Å². The van der Waals surface area contributed by atoms with Crippen molar-refractivity contribution in [3.63, 3.8) is 0 Å². The van der Waals surface area contributed by atoms with Crippen LogP contribution in [0.1, 0.15) is 19.3 Å². The molecule has 0 aromatic heterocycles. The monoisotopic (exact) mass is 272 g/mol. The molecule has 1 aromatic rings. The summed E-state index contributed by atoms with van der Waals surface area (Å²) in [5.74, 6) is -4.61. The normalized spacial score (nSPS) is 20.3. The Kier molecular flexibility index (Phi) is 4.09. The van der Waals surface area contributed by atoms with Crippen molar-refractivity contribution in [1.82, 2.24) is 4.90 Å². The fraction of sp³-hybridized carbons (Fsp3) is 0.462. The van der Waals surface area contributed by atoms with Crippen LogP contribution in [0.5, 0.6) is 0 Å². The van der Waals surface area contributed by atoms with E-state index in [-0.39, 0.29) is 11.7 Å². The lowest BCUT2D eigenvalue weighted by Crippen LogP contribution is -2.44. The summed E-state index contributed by atoms with van der Waals surface area (Å²) in [5, 5.41) is 2.32. The Labute approximate surface area is 109 Å². The molecule has 0 bridgehead atoms. The number of hydrogen-bond acceptors (Lipinski definition) is 2. The molecule has 3 nitrogen and oxygen atoms in total. The lowest BCUT2D eigenvalue weighted by atomic mass is 10.0. The van der Waals surface area contributed by atoms with Crippen molar-refractivity contribution in [3.8, 4) is 0 Å². The van der Waals surface area contributed by atoms with Gasteiger partial charge in [0.2, 0.25) is 5.91 Å². The molecule has 1 aliphatic heterocycles. The van der Waals surface area contributed by atoms with Crippen molar-refractivity contribution in [2.75, 3.05) is 18.9 Å². The number of rotatable bonds is 2. The van der Waals surface area contributed by atoms with Gasteiger partial charge in [0, 0.05) is 0 Å². The maximum Gasteiger partial charge on any atom is 0.241 e. The average molecular weight is 272 g/mol. The van der Waals surface area contributed by atoms with Gasteiger partial charge in [0.05, 0.1) is 11.7 Å². The highest BCUT2D eigenvalue weighted by atomic mass is 19.2. The molecule has 1 unspecified atom stereocenters. The van der Waals surface area contributed by atoms with Gasteiger partial charge in [-0.2, -0.15) is 0 Å². The quantitative estimate of drug-likeness (QED) is 0.839. The van der Waals surface area contributed by atoms with Gasteiger partial charge in [-0.3, -0.25) is 9.69 Å². The van der Waals surface area contributed by atoms with Crippen LogP contribution in [0, 0.1) is 17.5 Å². The fourth-order valence-electron chi connectivity index (χ4n) is 2.24. The minimum Gasteiger partial charge on any atom is -0.322 e. The molecular formula is C13H15F3N2O. The molecule has 19 heavy (non-hydrogen) atoms. The van der Waals surface area contributed by atoms with Gasteiger partial charge >= 0.3 is 0 Å². The van der Waals surface area contributed by atoms with Gasteiger partial charge in [-0.25, -0.2) is 13.2 Å². The van der Waals surface area contributed by atoms with E-state index in [0.29, 0.717) is 6.42 Å². The summed E-state index contributed by atoms with van der Waals surface area (Å²) >= 11 is 0. The van der Waals surface area contributed by atoms with Crippen molar-refractivity contribution in [2.24, 2.45) is 0 Å². The van der Waals surface area contributed by atoms with E-state index in [2.05, 4.69) is 5.32 Å². The number of carbonyl (C=O) groups excluding carboxylic acids is 1. The number of likely N-dealkylation sites (N-methyl/N-ethyl adjacent to an activating group) is 1. The molecule has 1 heterocycles. The van der Waals surface area contributed by atoms with Crippen molar-refractivity contribution in [1.29, 1.82) is 0 Å². The molecule has 1 atom stereocenters. The smallest absolute Gasteiger partial charge is 0.241 e. The highest BCUT2D eigenvalue weighted by Crippen LogP contribution is 2.22. The number of nitrogens with zero attached hydrogens (tertiary/aromatic N) is 1. The van der Waals surface area contributed by atoms with Crippen LogP contribution in [0.2, 0.25) is 0 Å². The minimum atomic E-state index is -1.57. The fourth-order valence-corrected chi connectivity index (χ4v) is 2.24. The molecule has 1 aliphatic rings. The molecule has 6 heteroatoms. The molecule has 1 saturated heterocycles. The molecule has 2 rings (SSSR count). The van der Waals surface area contributed by atoms with Crippen LogP contribution in [0.15, 0.2) is 12.1 Å². The number of halogens is 3. The molecule has 104 valence electrons. The number of nitrogens with one attached hydrogen (secondary N) is 1. The third kappa shape index (κ3) is 2.89. The zero-order chi connectivity index (χ0) is 14.0. The third-order valence-corrected chi connectivity index (χ3v) is 3.37. The first-order valence-corrected chi connectivity index (χ1v) is 6.15. The van der Waals surface area contributed by atoms with E-state index < -0.39 is 23.4 Å². The van der Waals surface area contributed by atoms with Gasteiger partial charge in [0.25, 0.3) is 0 Å². The summed E-state index contributed by atoms with van der Waals surface area (Å²) in [7, 11) is 1.81. The van der Waals surface area contributed by atoms with Crippen molar-refractivity contribution < 1.29 is 18.0 Å². The third-order valence-electron chi connectivity index (χ3n) is 3.37. The summed E-state index contributed by atoms with van der Waals surface area (Å²) in [6, 6.07) is 1.45. The number of likely N-dealkylation sites (tertiary alicyclic amines) is 1. The van der Waals surface area contributed by atoms with Crippen LogP contribution in [0.4, 0.5) is 18.9 Å². The highest BCUT2D eigenvalue weighted by Gasteiger charge is 2.27. The van der Waals surface area contributed by atoms with E-state index >= 15 is 0 Å². The Morgan fingerprint density at radius 2 is 2.00 bits per heavy atom. The largest absolute Gasteiger partial charge is 0.322 e. The van der Waals surface area contributed by atoms with E-state index in [1.54, 1.807) is 0 Å². The van der Waals surface area contributed by atoms with Gasteiger partial charge in [-0.15, -0.1) is 0 Å². The van der Waals surface area contributed by atoms with E-state index in [4.69, 9.17) is 0 Å². The standard InChI is InChI=1S/C13H15F3N2O/c1-18-7-3-2-4-10(18)13(19)17-9-6-5-8(14)11(15)12(9)16/h5-6,10H,2-4,7H2,1H3,(H,17,19). The molecule has 0 spiro atoms. The maximum atomic E-state index is 13.4. The predicted molar refractivity (Wildman–Crippen MR) is 65.2 cm³/mol. The summed E-state index contributed by atoms with van der Waals surface area (Å²) in [6.45, 7) is 0.790. The van der Waals surface area contributed by atoms with Crippen LogP contribution in [0.3, 0.4) is 0 Å².